The molecule has 1 aromatic heterocycles. The Morgan fingerprint density at radius 3 is 2.18 bits per heavy atom. The van der Waals surface area contributed by atoms with Gasteiger partial charge in [-0.05, 0) is 54.7 Å². The summed E-state index contributed by atoms with van der Waals surface area (Å²) in [6.07, 6.45) is -11.1. The summed E-state index contributed by atoms with van der Waals surface area (Å²) in [5, 5.41) is 14.2. The van der Waals surface area contributed by atoms with Gasteiger partial charge in [-0.2, -0.15) is 31.6 Å². The number of carbonyl (C=O) groups excluding carboxylic acids is 1. The van der Waals surface area contributed by atoms with E-state index in [9.17, 15) is 31.1 Å². The van der Waals surface area contributed by atoms with Gasteiger partial charge in [0, 0.05) is 12.5 Å². The number of tetrazole rings is 1. The molecule has 1 aliphatic heterocycles. The van der Waals surface area contributed by atoms with E-state index in [-0.39, 0.29) is 37.3 Å². The first-order chi connectivity index (χ1) is 21.4. The third kappa shape index (κ3) is 7.27. The molecule has 4 aromatic rings. The molecule has 1 saturated heterocycles. The first-order valence-electron chi connectivity index (χ1n) is 14.0. The molecule has 5 rings (SSSR count). The molecule has 0 bridgehead atoms. The first kappa shape index (κ1) is 31.9. The highest BCUT2D eigenvalue weighted by Crippen LogP contribution is 2.44. The van der Waals surface area contributed by atoms with Crippen molar-refractivity contribution in [2.75, 3.05) is 13.2 Å². The summed E-state index contributed by atoms with van der Waals surface area (Å²) in [6, 6.07) is 19.3. The second-order valence-electron chi connectivity index (χ2n) is 10.8. The van der Waals surface area contributed by atoms with Crippen molar-refractivity contribution in [3.63, 3.8) is 0 Å². The van der Waals surface area contributed by atoms with E-state index in [1.54, 1.807) is 54.6 Å². The van der Waals surface area contributed by atoms with E-state index < -0.39 is 41.2 Å². The van der Waals surface area contributed by atoms with Crippen LogP contribution in [0.4, 0.5) is 31.1 Å². The van der Waals surface area contributed by atoms with Crippen molar-refractivity contribution >= 4 is 6.09 Å². The maximum absolute atomic E-state index is 13.8. The zero-order valence-electron chi connectivity index (χ0n) is 24.0. The van der Waals surface area contributed by atoms with Crippen LogP contribution in [0.2, 0.25) is 0 Å². The molecule has 0 saturated carbocycles. The number of carbonyl (C=O) groups is 1. The maximum Gasteiger partial charge on any atom is 0.416 e. The van der Waals surface area contributed by atoms with Crippen molar-refractivity contribution in [1.82, 2.24) is 25.5 Å². The monoisotopic (exact) mass is 633 g/mol. The van der Waals surface area contributed by atoms with Gasteiger partial charge in [-0.3, -0.25) is 4.90 Å². The lowest BCUT2D eigenvalue weighted by molar-refractivity contribution is -0.143. The van der Waals surface area contributed by atoms with E-state index in [0.717, 1.165) is 5.56 Å². The molecule has 1 aliphatic rings. The maximum atomic E-state index is 13.8. The summed E-state index contributed by atoms with van der Waals surface area (Å²) in [4.78, 5) is 15.3. The topological polar surface area (TPSA) is 93.2 Å². The van der Waals surface area contributed by atoms with Gasteiger partial charge in [0.25, 0.3) is 0 Å². The Morgan fingerprint density at radius 1 is 0.978 bits per heavy atom. The highest BCUT2D eigenvalue weighted by molar-refractivity contribution is 5.70. The SMILES string of the molecule is C[C@@H](OC[C@@]1(c2ccccc2)CCC(c2nn[nH]n2)CN1C(=O)OCc1ccccc1)c1cc(C(F)(F)F)cc(C(F)(F)F)c1. The number of piperidine rings is 1. The van der Waals surface area contributed by atoms with Crippen LogP contribution < -0.4 is 0 Å². The van der Waals surface area contributed by atoms with Gasteiger partial charge < -0.3 is 9.47 Å². The quantitative estimate of drug-likeness (QED) is 0.203. The van der Waals surface area contributed by atoms with Crippen molar-refractivity contribution in [2.24, 2.45) is 0 Å². The number of aromatic nitrogens is 4. The van der Waals surface area contributed by atoms with E-state index >= 15 is 0 Å². The number of amides is 1. The Hall–Kier alpha value is -4.46. The molecule has 1 N–H and O–H groups in total. The molecule has 14 heteroatoms. The third-order valence-electron chi connectivity index (χ3n) is 7.94. The summed E-state index contributed by atoms with van der Waals surface area (Å²) in [7, 11) is 0. The highest BCUT2D eigenvalue weighted by atomic mass is 19.4. The Morgan fingerprint density at radius 2 is 1.60 bits per heavy atom. The number of alkyl halides is 6. The van der Waals surface area contributed by atoms with E-state index in [1.165, 1.54) is 11.8 Å². The number of nitrogens with one attached hydrogen (secondary N) is 1. The van der Waals surface area contributed by atoms with Crippen molar-refractivity contribution < 1.29 is 40.6 Å². The fraction of sp³-hybridized carbons (Fsp3) is 0.355. The summed E-state index contributed by atoms with van der Waals surface area (Å²) >= 11 is 0. The Labute approximate surface area is 254 Å². The summed E-state index contributed by atoms with van der Waals surface area (Å²) in [5.74, 6) is 0.0514. The summed E-state index contributed by atoms with van der Waals surface area (Å²) in [5.41, 5.74) is -2.98. The molecule has 0 spiro atoms. The van der Waals surface area contributed by atoms with Crippen molar-refractivity contribution in [3.05, 3.63) is 113 Å². The van der Waals surface area contributed by atoms with Crippen molar-refractivity contribution in [1.29, 1.82) is 0 Å². The fourth-order valence-corrected chi connectivity index (χ4v) is 5.49. The molecule has 238 valence electrons. The molecule has 1 fully saturated rings. The van der Waals surface area contributed by atoms with Gasteiger partial charge in [0.1, 0.15) is 6.61 Å². The standard InChI is InChI=1S/C31H29F6N5O3/c1-20(23-14-25(30(32,33)34)16-26(15-23)31(35,36)37)45-19-29(24-10-6-3-7-11-24)13-12-22(27-38-40-41-39-27)17-42(29)28(43)44-18-21-8-4-2-5-9-21/h2-11,14-16,20,22H,12-13,17-19H2,1H3,(H,38,39,40,41)/t20-,22?,29-/m1/s1. The Bertz CT molecular complexity index is 1540. The number of halogens is 6. The number of hydrogen-bond donors (Lipinski definition) is 1. The lowest BCUT2D eigenvalue weighted by Gasteiger charge is -2.48. The molecule has 1 amide bonds. The number of likely N-dealkylation sites (tertiary alicyclic amines) is 1. The van der Waals surface area contributed by atoms with Gasteiger partial charge in [0.2, 0.25) is 0 Å². The van der Waals surface area contributed by atoms with Crippen LogP contribution in [0.15, 0.2) is 78.9 Å². The second-order valence-corrected chi connectivity index (χ2v) is 10.8. The van der Waals surface area contributed by atoms with E-state index in [1.807, 2.05) is 6.07 Å². The Balaban J connectivity index is 1.49. The van der Waals surface area contributed by atoms with Gasteiger partial charge in [0.15, 0.2) is 5.82 Å². The smallest absolute Gasteiger partial charge is 0.416 e. The molecule has 3 aromatic carbocycles. The van der Waals surface area contributed by atoms with Crippen LogP contribution in [0.3, 0.4) is 0 Å². The van der Waals surface area contributed by atoms with E-state index in [2.05, 4.69) is 20.6 Å². The molecule has 1 unspecified atom stereocenters. The average molecular weight is 634 g/mol. The first-order valence-corrected chi connectivity index (χ1v) is 14.0. The number of rotatable bonds is 8. The third-order valence-corrected chi connectivity index (χ3v) is 7.94. The van der Waals surface area contributed by atoms with Gasteiger partial charge in [-0.1, -0.05) is 65.9 Å². The van der Waals surface area contributed by atoms with Gasteiger partial charge in [0.05, 0.1) is 29.4 Å². The average Bonchev–Trinajstić information content (AvgIpc) is 3.57. The number of H-pyrrole nitrogens is 1. The lowest BCUT2D eigenvalue weighted by atomic mass is 9.77. The minimum atomic E-state index is -5.01. The van der Waals surface area contributed by atoms with Crippen LogP contribution in [0, 0.1) is 0 Å². The molecule has 3 atom stereocenters. The van der Waals surface area contributed by atoms with E-state index in [4.69, 9.17) is 9.47 Å². The minimum absolute atomic E-state index is 0.0321. The van der Waals surface area contributed by atoms with Gasteiger partial charge in [-0.15, -0.1) is 10.2 Å². The van der Waals surface area contributed by atoms with Crippen molar-refractivity contribution in [3.8, 4) is 0 Å². The number of aromatic amines is 1. The number of benzene rings is 3. The van der Waals surface area contributed by atoms with Crippen molar-refractivity contribution in [2.45, 2.75) is 56.3 Å². The normalized spacial score (nSPS) is 19.7. The highest BCUT2D eigenvalue weighted by Gasteiger charge is 2.48. The molecule has 0 aliphatic carbocycles. The molecule has 45 heavy (non-hydrogen) atoms. The molecular weight excluding hydrogens is 604 g/mol. The number of nitrogens with zero attached hydrogens (tertiary/aromatic N) is 4. The van der Waals surface area contributed by atoms with E-state index in [0.29, 0.717) is 36.4 Å². The number of hydrogen-bond acceptors (Lipinski definition) is 6. The molecular formula is C31H29F6N5O3. The van der Waals surface area contributed by atoms with Crippen LogP contribution in [0.25, 0.3) is 0 Å². The van der Waals surface area contributed by atoms with Crippen LogP contribution in [0.1, 0.15) is 65.4 Å². The molecule has 2 heterocycles. The predicted octanol–water partition coefficient (Wildman–Crippen LogP) is 7.43. The molecule has 8 nitrogen and oxygen atoms in total. The summed E-state index contributed by atoms with van der Waals surface area (Å²) in [6.45, 7) is 1.17. The number of ether oxygens (including phenoxy) is 2. The predicted molar refractivity (Wildman–Crippen MR) is 148 cm³/mol. The van der Waals surface area contributed by atoms with Crippen LogP contribution in [-0.4, -0.2) is 44.8 Å². The largest absolute Gasteiger partial charge is 0.445 e. The summed E-state index contributed by atoms with van der Waals surface area (Å²) < 4.78 is 93.2. The van der Waals surface area contributed by atoms with Crippen LogP contribution >= 0.6 is 0 Å². The van der Waals surface area contributed by atoms with Crippen LogP contribution in [0.5, 0.6) is 0 Å². The Kier molecular flexibility index (Phi) is 9.14. The molecule has 0 radical (unpaired) electrons. The zero-order chi connectivity index (χ0) is 32.2. The minimum Gasteiger partial charge on any atom is -0.445 e. The van der Waals surface area contributed by atoms with Crippen LogP contribution in [-0.2, 0) is 34.0 Å². The van der Waals surface area contributed by atoms with Gasteiger partial charge >= 0.3 is 18.4 Å². The fourth-order valence-electron chi connectivity index (χ4n) is 5.49. The lowest BCUT2D eigenvalue weighted by Crippen LogP contribution is -2.57. The zero-order valence-corrected chi connectivity index (χ0v) is 24.0. The second kappa shape index (κ2) is 12.9. The van der Waals surface area contributed by atoms with Gasteiger partial charge in [-0.25, -0.2) is 4.79 Å².